The van der Waals surface area contributed by atoms with Crippen LogP contribution in [0.5, 0.6) is 0 Å². The molecule has 1 rings (SSSR count). The Labute approximate surface area is 96.7 Å². The molecule has 0 radical (unpaired) electrons. The fourth-order valence-electron chi connectivity index (χ4n) is 1.84. The summed E-state index contributed by atoms with van der Waals surface area (Å²) in [6.07, 6.45) is -0.541. The second-order valence-corrected chi connectivity index (χ2v) is 4.00. The van der Waals surface area contributed by atoms with E-state index in [0.717, 1.165) is 24.2 Å². The van der Waals surface area contributed by atoms with E-state index in [4.69, 9.17) is 0 Å². The van der Waals surface area contributed by atoms with Crippen molar-refractivity contribution < 1.29 is 9.50 Å². The number of benzene rings is 1. The molecule has 0 heterocycles. The Morgan fingerprint density at radius 3 is 2.44 bits per heavy atom. The molecule has 0 saturated carbocycles. The van der Waals surface area contributed by atoms with Gasteiger partial charge in [0, 0.05) is 6.54 Å². The highest BCUT2D eigenvalue weighted by atomic mass is 19.1. The van der Waals surface area contributed by atoms with Gasteiger partial charge in [0.2, 0.25) is 0 Å². The minimum absolute atomic E-state index is 0.253. The first-order valence-electron chi connectivity index (χ1n) is 5.75. The van der Waals surface area contributed by atoms with Crippen molar-refractivity contribution >= 4 is 0 Å². The van der Waals surface area contributed by atoms with Crippen molar-refractivity contribution in [1.82, 2.24) is 4.90 Å². The number of aliphatic hydroxyl groups excluding tert-OH is 1. The lowest BCUT2D eigenvalue weighted by molar-refractivity contribution is 0.118. The van der Waals surface area contributed by atoms with E-state index in [1.807, 2.05) is 6.92 Å². The van der Waals surface area contributed by atoms with E-state index in [1.165, 1.54) is 12.1 Å². The standard InChI is InChI=1S/C13H20FNO/c1-4-15(5-2)9-13(16)12-7-6-11(14)8-10(12)3/h6-8,13,16H,4-5,9H2,1-3H3. The highest BCUT2D eigenvalue weighted by Gasteiger charge is 2.13. The zero-order valence-electron chi connectivity index (χ0n) is 10.2. The summed E-state index contributed by atoms with van der Waals surface area (Å²) in [6, 6.07) is 4.52. The van der Waals surface area contributed by atoms with Gasteiger partial charge in [-0.2, -0.15) is 0 Å². The first-order chi connectivity index (χ1) is 7.58. The number of aliphatic hydroxyl groups is 1. The molecule has 0 aliphatic carbocycles. The first-order valence-corrected chi connectivity index (χ1v) is 5.75. The van der Waals surface area contributed by atoms with E-state index in [-0.39, 0.29) is 5.82 Å². The molecule has 2 nitrogen and oxygen atoms in total. The average molecular weight is 225 g/mol. The van der Waals surface area contributed by atoms with Crippen LogP contribution in [-0.4, -0.2) is 29.6 Å². The van der Waals surface area contributed by atoms with Crippen LogP contribution in [0.2, 0.25) is 0 Å². The number of rotatable bonds is 5. The van der Waals surface area contributed by atoms with Crippen LogP contribution < -0.4 is 0 Å². The van der Waals surface area contributed by atoms with E-state index < -0.39 is 6.10 Å². The molecular weight excluding hydrogens is 205 g/mol. The Kier molecular flexibility index (Phi) is 4.90. The van der Waals surface area contributed by atoms with Crippen molar-refractivity contribution in [3.8, 4) is 0 Å². The molecule has 0 bridgehead atoms. The molecule has 0 fully saturated rings. The number of aryl methyl sites for hydroxylation is 1. The maximum Gasteiger partial charge on any atom is 0.123 e. The Morgan fingerprint density at radius 2 is 1.94 bits per heavy atom. The topological polar surface area (TPSA) is 23.5 Å². The molecule has 90 valence electrons. The number of hydrogen-bond acceptors (Lipinski definition) is 2. The van der Waals surface area contributed by atoms with E-state index in [2.05, 4.69) is 18.7 Å². The van der Waals surface area contributed by atoms with Gasteiger partial charge < -0.3 is 10.0 Å². The van der Waals surface area contributed by atoms with Gasteiger partial charge in [-0.15, -0.1) is 0 Å². The van der Waals surface area contributed by atoms with Crippen LogP contribution >= 0.6 is 0 Å². The number of nitrogens with zero attached hydrogens (tertiary/aromatic N) is 1. The van der Waals surface area contributed by atoms with E-state index in [0.29, 0.717) is 6.54 Å². The minimum Gasteiger partial charge on any atom is -0.387 e. The Bertz CT molecular complexity index is 337. The molecule has 0 saturated heterocycles. The van der Waals surface area contributed by atoms with Gasteiger partial charge in [-0.05, 0) is 43.3 Å². The lowest BCUT2D eigenvalue weighted by Crippen LogP contribution is -2.28. The Morgan fingerprint density at radius 1 is 1.31 bits per heavy atom. The van der Waals surface area contributed by atoms with Gasteiger partial charge >= 0.3 is 0 Å². The average Bonchev–Trinajstić information content (AvgIpc) is 2.25. The van der Waals surface area contributed by atoms with Crippen molar-refractivity contribution in [2.45, 2.75) is 26.9 Å². The molecule has 1 unspecified atom stereocenters. The molecule has 1 aromatic carbocycles. The molecule has 16 heavy (non-hydrogen) atoms. The van der Waals surface area contributed by atoms with Crippen LogP contribution in [0.1, 0.15) is 31.1 Å². The molecule has 1 N–H and O–H groups in total. The van der Waals surface area contributed by atoms with Gasteiger partial charge in [0.15, 0.2) is 0 Å². The molecule has 3 heteroatoms. The fraction of sp³-hybridized carbons (Fsp3) is 0.538. The molecule has 0 amide bonds. The number of hydrogen-bond donors (Lipinski definition) is 1. The minimum atomic E-state index is -0.541. The van der Waals surface area contributed by atoms with Crippen molar-refractivity contribution in [2.24, 2.45) is 0 Å². The fourth-order valence-corrected chi connectivity index (χ4v) is 1.84. The van der Waals surface area contributed by atoms with Crippen LogP contribution in [-0.2, 0) is 0 Å². The van der Waals surface area contributed by atoms with Gasteiger partial charge in [0.05, 0.1) is 6.10 Å². The maximum absolute atomic E-state index is 12.9. The van der Waals surface area contributed by atoms with Gasteiger partial charge in [0.1, 0.15) is 5.82 Å². The largest absolute Gasteiger partial charge is 0.387 e. The second-order valence-electron chi connectivity index (χ2n) is 4.00. The number of likely N-dealkylation sites (N-methyl/N-ethyl adjacent to an activating group) is 1. The van der Waals surface area contributed by atoms with Crippen LogP contribution in [0.25, 0.3) is 0 Å². The third-order valence-electron chi connectivity index (χ3n) is 2.92. The van der Waals surface area contributed by atoms with E-state index in [9.17, 15) is 9.50 Å². The predicted octanol–water partition coefficient (Wildman–Crippen LogP) is 2.51. The summed E-state index contributed by atoms with van der Waals surface area (Å²) >= 11 is 0. The van der Waals surface area contributed by atoms with E-state index >= 15 is 0 Å². The predicted molar refractivity (Wildman–Crippen MR) is 63.9 cm³/mol. The highest BCUT2D eigenvalue weighted by molar-refractivity contribution is 5.28. The van der Waals surface area contributed by atoms with Crippen LogP contribution in [0.4, 0.5) is 4.39 Å². The lowest BCUT2D eigenvalue weighted by Gasteiger charge is -2.23. The smallest absolute Gasteiger partial charge is 0.123 e. The van der Waals surface area contributed by atoms with Crippen LogP contribution in [0.3, 0.4) is 0 Å². The lowest BCUT2D eigenvalue weighted by atomic mass is 10.0. The zero-order valence-corrected chi connectivity index (χ0v) is 10.2. The normalized spacial score (nSPS) is 13.1. The molecule has 0 aromatic heterocycles. The monoisotopic (exact) mass is 225 g/mol. The molecule has 1 aromatic rings. The summed E-state index contributed by atoms with van der Waals surface area (Å²) in [6.45, 7) is 8.37. The van der Waals surface area contributed by atoms with Crippen molar-refractivity contribution in [1.29, 1.82) is 0 Å². The van der Waals surface area contributed by atoms with Crippen LogP contribution in [0.15, 0.2) is 18.2 Å². The summed E-state index contributed by atoms with van der Waals surface area (Å²) in [5.74, 6) is -0.253. The molecule has 1 atom stereocenters. The molecule has 0 spiro atoms. The van der Waals surface area contributed by atoms with Crippen LogP contribution in [0, 0.1) is 12.7 Å². The summed E-state index contributed by atoms with van der Waals surface area (Å²) < 4.78 is 12.9. The second kappa shape index (κ2) is 5.97. The molecule has 0 aliphatic rings. The Hall–Kier alpha value is -0.930. The molecular formula is C13H20FNO. The van der Waals surface area contributed by atoms with Gasteiger partial charge in [-0.1, -0.05) is 19.9 Å². The van der Waals surface area contributed by atoms with E-state index in [1.54, 1.807) is 6.07 Å². The SMILES string of the molecule is CCN(CC)CC(O)c1ccc(F)cc1C. The van der Waals surface area contributed by atoms with Crippen molar-refractivity contribution in [3.05, 3.63) is 35.1 Å². The van der Waals surface area contributed by atoms with Gasteiger partial charge in [0.25, 0.3) is 0 Å². The zero-order chi connectivity index (χ0) is 12.1. The van der Waals surface area contributed by atoms with Crippen molar-refractivity contribution in [3.63, 3.8) is 0 Å². The first kappa shape index (κ1) is 13.1. The summed E-state index contributed by atoms with van der Waals surface area (Å²) in [7, 11) is 0. The summed E-state index contributed by atoms with van der Waals surface area (Å²) in [4.78, 5) is 2.15. The van der Waals surface area contributed by atoms with Crippen molar-refractivity contribution in [2.75, 3.05) is 19.6 Å². The third-order valence-corrected chi connectivity index (χ3v) is 2.92. The summed E-state index contributed by atoms with van der Waals surface area (Å²) in [5.41, 5.74) is 1.62. The third kappa shape index (κ3) is 3.29. The maximum atomic E-state index is 12.9. The number of halogens is 1. The Balaban J connectivity index is 2.76. The molecule has 0 aliphatic heterocycles. The van der Waals surface area contributed by atoms with Gasteiger partial charge in [-0.3, -0.25) is 0 Å². The summed E-state index contributed by atoms with van der Waals surface area (Å²) in [5, 5.41) is 10.1. The van der Waals surface area contributed by atoms with Gasteiger partial charge in [-0.25, -0.2) is 4.39 Å². The quantitative estimate of drug-likeness (QED) is 0.832. The highest BCUT2D eigenvalue weighted by Crippen LogP contribution is 2.19.